The molecule has 1 aromatic heterocycles. The molecule has 3 rings (SSSR count). The lowest BCUT2D eigenvalue weighted by Crippen LogP contribution is -2.06. The molecule has 0 bridgehead atoms. The Kier molecular flexibility index (Phi) is 4.27. The minimum atomic E-state index is 0.744. The molecular weight excluding hydrogens is 260 g/mol. The molecule has 0 aliphatic rings. The number of rotatable bonds is 6. The van der Waals surface area contributed by atoms with Crippen LogP contribution >= 0.6 is 0 Å². The molecule has 0 fully saturated rings. The van der Waals surface area contributed by atoms with Gasteiger partial charge in [0, 0.05) is 12.2 Å². The molecule has 0 unspecified atom stereocenters. The van der Waals surface area contributed by atoms with Gasteiger partial charge in [0.1, 0.15) is 12.7 Å². The first-order valence-electron chi connectivity index (χ1n) is 7.09. The van der Waals surface area contributed by atoms with Gasteiger partial charge in [-0.15, -0.1) is 0 Å². The van der Waals surface area contributed by atoms with E-state index < -0.39 is 0 Å². The van der Waals surface area contributed by atoms with E-state index in [4.69, 9.17) is 0 Å². The van der Waals surface area contributed by atoms with Gasteiger partial charge in [0.25, 0.3) is 0 Å². The molecule has 0 atom stereocenters. The minimum Gasteiger partial charge on any atom is -0.385 e. The number of hydrogen-bond acceptors (Lipinski definition) is 3. The van der Waals surface area contributed by atoms with E-state index in [1.165, 1.54) is 11.1 Å². The monoisotopic (exact) mass is 278 g/mol. The molecule has 0 spiro atoms. The normalized spacial score (nSPS) is 10.5. The van der Waals surface area contributed by atoms with Gasteiger partial charge in [-0.3, -0.25) is 0 Å². The predicted octanol–water partition coefficient (Wildman–Crippen LogP) is 2.98. The maximum Gasteiger partial charge on any atom is 0.137 e. The van der Waals surface area contributed by atoms with Crippen molar-refractivity contribution < 1.29 is 0 Å². The van der Waals surface area contributed by atoms with Crippen LogP contribution in [0.5, 0.6) is 0 Å². The van der Waals surface area contributed by atoms with E-state index in [-0.39, 0.29) is 0 Å². The SMILES string of the molecule is c1ccc(CCNc2cccc(Cn3cncn3)c2)cc1. The molecule has 21 heavy (non-hydrogen) atoms. The number of anilines is 1. The van der Waals surface area contributed by atoms with Crippen LogP contribution in [0.3, 0.4) is 0 Å². The Labute approximate surface area is 124 Å². The van der Waals surface area contributed by atoms with Gasteiger partial charge in [-0.05, 0) is 29.7 Å². The summed E-state index contributed by atoms with van der Waals surface area (Å²) in [6.45, 7) is 1.67. The van der Waals surface area contributed by atoms with E-state index in [0.717, 1.165) is 25.2 Å². The lowest BCUT2D eigenvalue weighted by molar-refractivity contribution is 0.685. The summed E-state index contributed by atoms with van der Waals surface area (Å²) >= 11 is 0. The van der Waals surface area contributed by atoms with Crippen LogP contribution in [0.2, 0.25) is 0 Å². The Balaban J connectivity index is 1.56. The maximum atomic E-state index is 4.13. The van der Waals surface area contributed by atoms with Gasteiger partial charge in [0.05, 0.1) is 6.54 Å². The van der Waals surface area contributed by atoms with Crippen molar-refractivity contribution >= 4 is 5.69 Å². The van der Waals surface area contributed by atoms with E-state index in [2.05, 4.69) is 63.9 Å². The largest absolute Gasteiger partial charge is 0.385 e. The maximum absolute atomic E-state index is 4.13. The number of benzene rings is 2. The first-order chi connectivity index (χ1) is 10.4. The molecule has 4 heteroatoms. The highest BCUT2D eigenvalue weighted by atomic mass is 15.3. The molecule has 0 saturated carbocycles. The summed E-state index contributed by atoms with van der Waals surface area (Å²) in [4.78, 5) is 3.96. The van der Waals surface area contributed by atoms with E-state index in [9.17, 15) is 0 Å². The highest BCUT2D eigenvalue weighted by Crippen LogP contribution is 2.12. The molecular formula is C17H18N4. The Bertz CT molecular complexity index is 662. The molecule has 0 aliphatic carbocycles. The fraction of sp³-hybridized carbons (Fsp3) is 0.176. The standard InChI is InChI=1S/C17H18N4/c1-2-5-15(6-3-1)9-10-19-17-8-4-7-16(11-17)12-21-14-18-13-20-21/h1-8,11,13-14,19H,9-10,12H2. The lowest BCUT2D eigenvalue weighted by atomic mass is 10.1. The summed E-state index contributed by atoms with van der Waals surface area (Å²) in [6, 6.07) is 18.9. The van der Waals surface area contributed by atoms with Gasteiger partial charge in [0.15, 0.2) is 0 Å². The van der Waals surface area contributed by atoms with Crippen LogP contribution in [0.1, 0.15) is 11.1 Å². The van der Waals surface area contributed by atoms with E-state index in [1.807, 2.05) is 10.7 Å². The molecule has 4 nitrogen and oxygen atoms in total. The zero-order chi connectivity index (χ0) is 14.3. The summed E-state index contributed by atoms with van der Waals surface area (Å²) in [6.07, 6.45) is 4.31. The van der Waals surface area contributed by atoms with Crippen LogP contribution in [0.25, 0.3) is 0 Å². The summed E-state index contributed by atoms with van der Waals surface area (Å²) < 4.78 is 1.82. The molecule has 0 aliphatic heterocycles. The van der Waals surface area contributed by atoms with Crippen molar-refractivity contribution in [3.8, 4) is 0 Å². The summed E-state index contributed by atoms with van der Waals surface area (Å²) in [7, 11) is 0. The van der Waals surface area contributed by atoms with E-state index >= 15 is 0 Å². The molecule has 1 N–H and O–H groups in total. The zero-order valence-corrected chi connectivity index (χ0v) is 11.8. The fourth-order valence-corrected chi connectivity index (χ4v) is 2.28. The van der Waals surface area contributed by atoms with Gasteiger partial charge < -0.3 is 5.32 Å². The topological polar surface area (TPSA) is 42.7 Å². The Morgan fingerprint density at radius 2 is 1.81 bits per heavy atom. The Morgan fingerprint density at radius 3 is 2.62 bits per heavy atom. The van der Waals surface area contributed by atoms with Crippen LogP contribution in [0.15, 0.2) is 67.3 Å². The van der Waals surface area contributed by atoms with Crippen molar-refractivity contribution in [1.29, 1.82) is 0 Å². The summed E-state index contributed by atoms with van der Waals surface area (Å²) in [5.74, 6) is 0. The van der Waals surface area contributed by atoms with Crippen LogP contribution in [-0.4, -0.2) is 21.3 Å². The Hall–Kier alpha value is -2.62. The number of aromatic nitrogens is 3. The number of hydrogen-bond donors (Lipinski definition) is 1. The van der Waals surface area contributed by atoms with Gasteiger partial charge in [-0.1, -0.05) is 42.5 Å². The fourth-order valence-electron chi connectivity index (χ4n) is 2.28. The van der Waals surface area contributed by atoms with Crippen LogP contribution in [-0.2, 0) is 13.0 Å². The second kappa shape index (κ2) is 6.70. The molecule has 0 amide bonds. The highest BCUT2D eigenvalue weighted by molar-refractivity contribution is 5.45. The molecule has 106 valence electrons. The van der Waals surface area contributed by atoms with Crippen molar-refractivity contribution in [2.75, 3.05) is 11.9 Å². The first-order valence-corrected chi connectivity index (χ1v) is 7.09. The summed E-state index contributed by atoms with van der Waals surface area (Å²) in [5.41, 5.74) is 3.71. The predicted molar refractivity (Wildman–Crippen MR) is 84.2 cm³/mol. The summed E-state index contributed by atoms with van der Waals surface area (Å²) in [5, 5.41) is 7.60. The lowest BCUT2D eigenvalue weighted by Gasteiger charge is -2.08. The number of nitrogens with one attached hydrogen (secondary N) is 1. The molecule has 0 radical (unpaired) electrons. The third-order valence-corrected chi connectivity index (χ3v) is 3.32. The average Bonchev–Trinajstić information content (AvgIpc) is 3.02. The molecule has 2 aromatic carbocycles. The van der Waals surface area contributed by atoms with Gasteiger partial charge in [-0.2, -0.15) is 5.10 Å². The third-order valence-electron chi connectivity index (χ3n) is 3.32. The smallest absolute Gasteiger partial charge is 0.137 e. The Morgan fingerprint density at radius 1 is 0.952 bits per heavy atom. The van der Waals surface area contributed by atoms with Crippen LogP contribution in [0.4, 0.5) is 5.69 Å². The van der Waals surface area contributed by atoms with Crippen LogP contribution in [0, 0.1) is 0 Å². The van der Waals surface area contributed by atoms with Gasteiger partial charge >= 0.3 is 0 Å². The third kappa shape index (κ3) is 3.92. The first kappa shape index (κ1) is 13.4. The van der Waals surface area contributed by atoms with Crippen molar-refractivity contribution in [2.24, 2.45) is 0 Å². The second-order valence-electron chi connectivity index (χ2n) is 4.96. The van der Waals surface area contributed by atoms with Gasteiger partial charge in [0.2, 0.25) is 0 Å². The van der Waals surface area contributed by atoms with Crippen molar-refractivity contribution in [1.82, 2.24) is 14.8 Å². The quantitative estimate of drug-likeness (QED) is 0.754. The molecule has 1 heterocycles. The van der Waals surface area contributed by atoms with Gasteiger partial charge in [-0.25, -0.2) is 9.67 Å². The zero-order valence-electron chi connectivity index (χ0n) is 11.8. The molecule has 0 saturated heterocycles. The second-order valence-corrected chi connectivity index (χ2v) is 4.96. The van der Waals surface area contributed by atoms with E-state index in [0.29, 0.717) is 0 Å². The van der Waals surface area contributed by atoms with Crippen LogP contribution < -0.4 is 5.32 Å². The van der Waals surface area contributed by atoms with Crippen molar-refractivity contribution in [3.63, 3.8) is 0 Å². The minimum absolute atomic E-state index is 0.744. The van der Waals surface area contributed by atoms with Crippen molar-refractivity contribution in [2.45, 2.75) is 13.0 Å². The van der Waals surface area contributed by atoms with E-state index in [1.54, 1.807) is 12.7 Å². The highest BCUT2D eigenvalue weighted by Gasteiger charge is 1.98. The number of nitrogens with zero attached hydrogens (tertiary/aromatic N) is 3. The van der Waals surface area contributed by atoms with Crippen molar-refractivity contribution in [3.05, 3.63) is 78.4 Å². The average molecular weight is 278 g/mol. The molecule has 3 aromatic rings.